The molecule has 1 rings (SSSR count). The number of alkyl halides is 2. The highest BCUT2D eigenvalue weighted by molar-refractivity contribution is 5.42. The summed E-state index contributed by atoms with van der Waals surface area (Å²) in [6, 6.07) is 1.59. The minimum atomic E-state index is -2.59. The average Bonchev–Trinajstić information content (AvgIpc) is 2.01. The van der Waals surface area contributed by atoms with Gasteiger partial charge in [0, 0.05) is 0 Å². The Kier molecular flexibility index (Phi) is 3.06. The quantitative estimate of drug-likeness (QED) is 0.771. The number of phenols is 1. The van der Waals surface area contributed by atoms with Gasteiger partial charge in [-0.05, 0) is 42.7 Å². The number of halogens is 2. The van der Waals surface area contributed by atoms with Gasteiger partial charge in [0.1, 0.15) is 5.75 Å². The molecule has 0 aromatic heterocycles. The van der Waals surface area contributed by atoms with Crippen molar-refractivity contribution in [1.82, 2.24) is 0 Å². The lowest BCUT2D eigenvalue weighted by atomic mass is 9.96. The Labute approximate surface area is 81.4 Å². The molecule has 1 aromatic carbocycles. The summed E-state index contributed by atoms with van der Waals surface area (Å²) in [4.78, 5) is 0. The predicted molar refractivity (Wildman–Crippen MR) is 50.5 cm³/mol. The number of hydrogen-bond acceptors (Lipinski definition) is 2. The van der Waals surface area contributed by atoms with Crippen LogP contribution in [0.3, 0.4) is 0 Å². The van der Waals surface area contributed by atoms with Crippen LogP contribution >= 0.6 is 0 Å². The summed E-state index contributed by atoms with van der Waals surface area (Å²) in [7, 11) is 0. The smallest absolute Gasteiger partial charge is 0.257 e. The minimum Gasteiger partial charge on any atom is -0.508 e. The molecule has 3 N–H and O–H groups in total. The Morgan fingerprint density at radius 3 is 2.00 bits per heavy atom. The Morgan fingerprint density at radius 1 is 1.21 bits per heavy atom. The third-order valence-electron chi connectivity index (χ3n) is 2.18. The Balaban J connectivity index is 3.20. The SMILES string of the molecule is Cc1cc(O)cc(C)c1[C@H](N)C(F)F. The van der Waals surface area contributed by atoms with E-state index in [2.05, 4.69) is 0 Å². The van der Waals surface area contributed by atoms with Crippen molar-refractivity contribution in [2.75, 3.05) is 0 Å². The summed E-state index contributed by atoms with van der Waals surface area (Å²) < 4.78 is 24.8. The highest BCUT2D eigenvalue weighted by Crippen LogP contribution is 2.28. The molecule has 0 saturated carbocycles. The molecule has 0 unspecified atom stereocenters. The summed E-state index contributed by atoms with van der Waals surface area (Å²) in [5, 5.41) is 9.21. The zero-order valence-electron chi connectivity index (χ0n) is 8.09. The molecule has 4 heteroatoms. The van der Waals surface area contributed by atoms with Crippen molar-refractivity contribution in [3.8, 4) is 5.75 Å². The Morgan fingerprint density at radius 2 is 1.64 bits per heavy atom. The van der Waals surface area contributed by atoms with Crippen LogP contribution in [0, 0.1) is 13.8 Å². The number of hydrogen-bond donors (Lipinski definition) is 2. The average molecular weight is 201 g/mol. The van der Waals surface area contributed by atoms with E-state index in [1.54, 1.807) is 13.8 Å². The molecule has 0 amide bonds. The van der Waals surface area contributed by atoms with Gasteiger partial charge in [0.05, 0.1) is 6.04 Å². The second-order valence-electron chi connectivity index (χ2n) is 3.35. The van der Waals surface area contributed by atoms with Gasteiger partial charge in [0.15, 0.2) is 0 Å². The van der Waals surface area contributed by atoms with Crippen LogP contribution in [0.4, 0.5) is 8.78 Å². The highest BCUT2D eigenvalue weighted by Gasteiger charge is 2.21. The summed E-state index contributed by atoms with van der Waals surface area (Å²) >= 11 is 0. The molecule has 0 aliphatic heterocycles. The van der Waals surface area contributed by atoms with Gasteiger partial charge in [-0.25, -0.2) is 8.78 Å². The fourth-order valence-electron chi connectivity index (χ4n) is 1.60. The van der Waals surface area contributed by atoms with Crippen LogP contribution in [0.25, 0.3) is 0 Å². The molecule has 0 aliphatic carbocycles. The molecule has 78 valence electrons. The van der Waals surface area contributed by atoms with Gasteiger partial charge in [-0.3, -0.25) is 0 Å². The van der Waals surface area contributed by atoms with Gasteiger partial charge in [-0.1, -0.05) is 0 Å². The number of nitrogens with two attached hydrogens (primary N) is 1. The van der Waals surface area contributed by atoms with E-state index < -0.39 is 12.5 Å². The van der Waals surface area contributed by atoms with E-state index in [0.29, 0.717) is 16.7 Å². The number of benzene rings is 1. The molecular formula is C10H13F2NO. The van der Waals surface area contributed by atoms with E-state index in [4.69, 9.17) is 5.73 Å². The lowest BCUT2D eigenvalue weighted by Crippen LogP contribution is -2.21. The largest absolute Gasteiger partial charge is 0.508 e. The third-order valence-corrected chi connectivity index (χ3v) is 2.18. The number of rotatable bonds is 2. The maximum Gasteiger partial charge on any atom is 0.257 e. The maximum atomic E-state index is 12.4. The Bertz CT molecular complexity index is 316. The van der Waals surface area contributed by atoms with Gasteiger partial charge in [0.2, 0.25) is 0 Å². The first-order valence-electron chi connectivity index (χ1n) is 4.27. The summed E-state index contributed by atoms with van der Waals surface area (Å²) in [6.45, 7) is 3.31. The van der Waals surface area contributed by atoms with Crippen LogP contribution in [-0.2, 0) is 0 Å². The molecule has 2 nitrogen and oxygen atoms in total. The topological polar surface area (TPSA) is 46.2 Å². The number of aromatic hydroxyl groups is 1. The van der Waals surface area contributed by atoms with Crippen LogP contribution in [0.2, 0.25) is 0 Å². The van der Waals surface area contributed by atoms with Gasteiger partial charge in [-0.15, -0.1) is 0 Å². The lowest BCUT2D eigenvalue weighted by Gasteiger charge is -2.16. The van der Waals surface area contributed by atoms with Crippen molar-refractivity contribution in [3.63, 3.8) is 0 Å². The molecule has 0 spiro atoms. The zero-order chi connectivity index (χ0) is 10.9. The fraction of sp³-hybridized carbons (Fsp3) is 0.400. The summed E-state index contributed by atoms with van der Waals surface area (Å²) in [5.74, 6) is 0.0743. The normalized spacial score (nSPS) is 13.3. The van der Waals surface area contributed by atoms with Crippen molar-refractivity contribution in [2.45, 2.75) is 26.3 Å². The van der Waals surface area contributed by atoms with Gasteiger partial charge < -0.3 is 10.8 Å². The van der Waals surface area contributed by atoms with Crippen LogP contribution in [0.15, 0.2) is 12.1 Å². The first-order valence-corrected chi connectivity index (χ1v) is 4.27. The van der Waals surface area contributed by atoms with E-state index in [-0.39, 0.29) is 5.75 Å². The second kappa shape index (κ2) is 3.92. The van der Waals surface area contributed by atoms with Gasteiger partial charge in [-0.2, -0.15) is 0 Å². The fourth-order valence-corrected chi connectivity index (χ4v) is 1.60. The molecule has 0 saturated heterocycles. The van der Waals surface area contributed by atoms with Crippen molar-refractivity contribution in [2.24, 2.45) is 5.73 Å². The van der Waals surface area contributed by atoms with E-state index in [9.17, 15) is 13.9 Å². The van der Waals surface area contributed by atoms with Crippen LogP contribution in [0.1, 0.15) is 22.7 Å². The number of phenolic OH excluding ortho intramolecular Hbond substituents is 1. The van der Waals surface area contributed by atoms with Crippen molar-refractivity contribution in [3.05, 3.63) is 28.8 Å². The van der Waals surface area contributed by atoms with E-state index >= 15 is 0 Å². The summed E-state index contributed by atoms with van der Waals surface area (Å²) in [5.41, 5.74) is 6.96. The van der Waals surface area contributed by atoms with Crippen molar-refractivity contribution >= 4 is 0 Å². The second-order valence-corrected chi connectivity index (χ2v) is 3.35. The van der Waals surface area contributed by atoms with E-state index in [0.717, 1.165) is 0 Å². The highest BCUT2D eigenvalue weighted by atomic mass is 19.3. The maximum absolute atomic E-state index is 12.4. The predicted octanol–water partition coefficient (Wildman–Crippen LogP) is 2.27. The summed E-state index contributed by atoms with van der Waals surface area (Å²) in [6.07, 6.45) is -2.59. The molecular weight excluding hydrogens is 188 g/mol. The van der Waals surface area contributed by atoms with Crippen molar-refractivity contribution in [1.29, 1.82) is 0 Å². The monoisotopic (exact) mass is 201 g/mol. The molecule has 0 aliphatic rings. The molecule has 0 fully saturated rings. The number of aryl methyl sites for hydroxylation is 2. The van der Waals surface area contributed by atoms with Gasteiger partial charge >= 0.3 is 0 Å². The minimum absolute atomic E-state index is 0.0743. The molecule has 0 heterocycles. The molecule has 0 radical (unpaired) electrons. The third kappa shape index (κ3) is 2.01. The lowest BCUT2D eigenvalue weighted by molar-refractivity contribution is 0.116. The Hall–Kier alpha value is -1.16. The first-order chi connectivity index (χ1) is 6.43. The van der Waals surface area contributed by atoms with E-state index in [1.165, 1.54) is 12.1 Å². The molecule has 1 aromatic rings. The molecule has 0 bridgehead atoms. The molecule has 14 heavy (non-hydrogen) atoms. The standard InChI is InChI=1S/C10H13F2NO/c1-5-3-7(14)4-6(2)8(5)9(13)10(11)12/h3-4,9-10,14H,13H2,1-2H3/t9-/m0/s1. The van der Waals surface area contributed by atoms with Crippen molar-refractivity contribution < 1.29 is 13.9 Å². The zero-order valence-corrected chi connectivity index (χ0v) is 8.09. The van der Waals surface area contributed by atoms with Gasteiger partial charge in [0.25, 0.3) is 6.43 Å². The van der Waals surface area contributed by atoms with Crippen LogP contribution < -0.4 is 5.73 Å². The molecule has 1 atom stereocenters. The van der Waals surface area contributed by atoms with E-state index in [1.807, 2.05) is 0 Å². The first kappa shape index (κ1) is 10.9. The van der Waals surface area contributed by atoms with Crippen LogP contribution in [-0.4, -0.2) is 11.5 Å². The van der Waals surface area contributed by atoms with Crippen LogP contribution in [0.5, 0.6) is 5.75 Å².